The van der Waals surface area contributed by atoms with Crippen LogP contribution in [-0.2, 0) is 44.6 Å². The quantitative estimate of drug-likeness (QED) is 0.353. The molecule has 1 aromatic heterocycles. The lowest BCUT2D eigenvalue weighted by molar-refractivity contribution is -0.155. The van der Waals surface area contributed by atoms with Crippen LogP contribution in [0, 0.1) is 5.82 Å². The zero-order valence-corrected chi connectivity index (χ0v) is 22.4. The van der Waals surface area contributed by atoms with Crippen LogP contribution in [0.25, 0.3) is 0 Å². The number of hydrogen-bond donors (Lipinski definition) is 2. The molecule has 1 saturated heterocycles. The Labute approximate surface area is 241 Å². The highest BCUT2D eigenvalue weighted by Gasteiger charge is 2.62. The van der Waals surface area contributed by atoms with Crippen molar-refractivity contribution in [2.75, 3.05) is 23.7 Å². The number of urea groups is 1. The molecule has 9 nitrogen and oxygen atoms in total. The molecule has 2 spiro atoms. The van der Waals surface area contributed by atoms with Crippen LogP contribution in [0.2, 0.25) is 0 Å². The van der Waals surface area contributed by atoms with Gasteiger partial charge in [-0.2, -0.15) is 13.2 Å². The summed E-state index contributed by atoms with van der Waals surface area (Å²) in [7, 11) is 0. The molecule has 5 amide bonds. The number of carbonyl (C=O) groups is 4. The van der Waals surface area contributed by atoms with Crippen molar-refractivity contribution in [2.24, 2.45) is 0 Å². The molecule has 2 aliphatic carbocycles. The van der Waals surface area contributed by atoms with Crippen molar-refractivity contribution in [3.05, 3.63) is 88.4 Å². The Morgan fingerprint density at radius 1 is 1.02 bits per heavy atom. The van der Waals surface area contributed by atoms with Gasteiger partial charge in [-0.25, -0.2) is 14.2 Å². The maximum atomic E-state index is 14.6. The summed E-state index contributed by atoms with van der Waals surface area (Å²) in [6.07, 6.45) is -2.61. The third-order valence-electron chi connectivity index (χ3n) is 8.93. The lowest BCUT2D eigenvalue weighted by atomic mass is 9.79. The predicted octanol–water partition coefficient (Wildman–Crippen LogP) is 3.82. The molecule has 0 bridgehead atoms. The van der Waals surface area contributed by atoms with Crippen LogP contribution in [0.1, 0.15) is 34.2 Å². The number of pyridine rings is 1. The molecule has 0 saturated carbocycles. The number of carbonyl (C=O) groups excluding carboxylic acids is 4. The largest absolute Gasteiger partial charge is 0.406 e. The van der Waals surface area contributed by atoms with Gasteiger partial charge in [0.05, 0.1) is 5.41 Å². The molecule has 3 heterocycles. The molecule has 7 rings (SSSR count). The zero-order valence-electron chi connectivity index (χ0n) is 22.4. The second kappa shape index (κ2) is 9.09. The van der Waals surface area contributed by atoms with E-state index in [0.29, 0.717) is 24.3 Å². The number of aromatic nitrogens is 1. The van der Waals surface area contributed by atoms with E-state index >= 15 is 0 Å². The van der Waals surface area contributed by atoms with Crippen molar-refractivity contribution < 1.29 is 36.7 Å². The highest BCUT2D eigenvalue weighted by Crippen LogP contribution is 2.49. The first-order valence-corrected chi connectivity index (χ1v) is 13.6. The van der Waals surface area contributed by atoms with E-state index in [-0.39, 0.29) is 34.8 Å². The Kier molecular flexibility index (Phi) is 5.72. The first kappa shape index (κ1) is 27.0. The number of fused-ring (bicyclic) bond motifs is 5. The predicted molar refractivity (Wildman–Crippen MR) is 143 cm³/mol. The number of imide groups is 1. The molecule has 1 fully saturated rings. The molecule has 1 unspecified atom stereocenters. The Morgan fingerprint density at radius 3 is 2.58 bits per heavy atom. The molecular weight excluding hydrogens is 570 g/mol. The van der Waals surface area contributed by atoms with E-state index in [4.69, 9.17) is 0 Å². The van der Waals surface area contributed by atoms with Crippen LogP contribution >= 0.6 is 0 Å². The summed E-state index contributed by atoms with van der Waals surface area (Å²) in [5, 5.41) is 5.51. The topological polar surface area (TPSA) is 112 Å². The number of anilines is 2. The van der Waals surface area contributed by atoms with Crippen LogP contribution in [0.4, 0.5) is 33.9 Å². The zero-order chi connectivity index (χ0) is 30.3. The molecule has 2 aliphatic heterocycles. The Hall–Kier alpha value is -4.81. The molecule has 4 aliphatic rings. The molecule has 2 aromatic carbocycles. The lowest BCUT2D eigenvalue weighted by Crippen LogP contribution is -2.48. The number of benzene rings is 2. The maximum Gasteiger partial charge on any atom is 0.406 e. The van der Waals surface area contributed by atoms with E-state index in [0.717, 1.165) is 21.6 Å². The number of amides is 5. The minimum Gasteiger partial charge on any atom is -0.325 e. The highest BCUT2D eigenvalue weighted by atomic mass is 19.4. The van der Waals surface area contributed by atoms with Gasteiger partial charge in [-0.1, -0.05) is 24.3 Å². The maximum absolute atomic E-state index is 14.6. The Bertz CT molecular complexity index is 1760. The van der Waals surface area contributed by atoms with Gasteiger partial charge in [0.2, 0.25) is 11.8 Å². The average Bonchev–Trinajstić information content (AvgIpc) is 3.65. The third kappa shape index (κ3) is 3.93. The van der Waals surface area contributed by atoms with Crippen LogP contribution in [0.3, 0.4) is 0 Å². The van der Waals surface area contributed by atoms with Gasteiger partial charge in [0.25, 0.3) is 5.91 Å². The van der Waals surface area contributed by atoms with Gasteiger partial charge in [-0.15, -0.1) is 0 Å². The van der Waals surface area contributed by atoms with E-state index in [1.54, 1.807) is 30.5 Å². The van der Waals surface area contributed by atoms with Crippen LogP contribution in [0.15, 0.2) is 54.7 Å². The Morgan fingerprint density at radius 2 is 1.79 bits per heavy atom. The van der Waals surface area contributed by atoms with Gasteiger partial charge in [0.1, 0.15) is 24.7 Å². The number of halogens is 4. The molecule has 43 heavy (non-hydrogen) atoms. The summed E-state index contributed by atoms with van der Waals surface area (Å²) in [6, 6.07) is 11.4. The second-order valence-electron chi connectivity index (χ2n) is 11.3. The van der Waals surface area contributed by atoms with E-state index in [1.165, 1.54) is 18.2 Å². The lowest BCUT2D eigenvalue weighted by Gasteiger charge is -2.32. The van der Waals surface area contributed by atoms with Gasteiger partial charge in [-0.3, -0.25) is 24.2 Å². The van der Waals surface area contributed by atoms with Crippen molar-refractivity contribution in [3.8, 4) is 0 Å². The second-order valence-corrected chi connectivity index (χ2v) is 11.3. The summed E-state index contributed by atoms with van der Waals surface area (Å²) < 4.78 is 54.7. The van der Waals surface area contributed by atoms with Gasteiger partial charge >= 0.3 is 12.2 Å². The van der Waals surface area contributed by atoms with Gasteiger partial charge in [-0.05, 0) is 72.2 Å². The molecular formula is C30H23F4N5O4. The van der Waals surface area contributed by atoms with Crippen molar-refractivity contribution in [2.45, 2.75) is 42.8 Å². The smallest absolute Gasteiger partial charge is 0.325 e. The number of rotatable bonds is 4. The third-order valence-corrected chi connectivity index (χ3v) is 8.93. The fourth-order valence-corrected chi connectivity index (χ4v) is 7.09. The molecule has 0 radical (unpaired) electrons. The number of hydrogen-bond acceptors (Lipinski definition) is 5. The number of nitrogens with zero attached hydrogens (tertiary/aromatic N) is 3. The first-order valence-electron chi connectivity index (χ1n) is 13.6. The summed E-state index contributed by atoms with van der Waals surface area (Å²) in [5.41, 5.74) is 0.332. The van der Waals surface area contributed by atoms with Gasteiger partial charge in [0, 0.05) is 17.4 Å². The van der Waals surface area contributed by atoms with Crippen molar-refractivity contribution >= 4 is 35.3 Å². The highest BCUT2D eigenvalue weighted by molar-refractivity contribution is 6.10. The van der Waals surface area contributed by atoms with E-state index in [2.05, 4.69) is 15.6 Å². The van der Waals surface area contributed by atoms with Crippen molar-refractivity contribution in [1.82, 2.24) is 14.8 Å². The summed E-state index contributed by atoms with van der Waals surface area (Å²) in [5.74, 6) is -2.18. The van der Waals surface area contributed by atoms with Gasteiger partial charge < -0.3 is 10.6 Å². The first-order chi connectivity index (χ1) is 20.4. The molecule has 13 heteroatoms. The fourth-order valence-electron chi connectivity index (χ4n) is 7.09. The summed E-state index contributed by atoms with van der Waals surface area (Å²) >= 11 is 0. The van der Waals surface area contributed by atoms with Crippen molar-refractivity contribution in [1.29, 1.82) is 0 Å². The van der Waals surface area contributed by atoms with E-state index in [9.17, 15) is 36.7 Å². The van der Waals surface area contributed by atoms with Crippen LogP contribution < -0.4 is 10.6 Å². The molecule has 2 N–H and O–H groups in total. The normalized spacial score (nSPS) is 23.7. The number of alkyl halides is 3. The van der Waals surface area contributed by atoms with Crippen molar-refractivity contribution in [3.63, 3.8) is 0 Å². The van der Waals surface area contributed by atoms with Gasteiger partial charge in [0.15, 0.2) is 5.54 Å². The van der Waals surface area contributed by atoms with Crippen LogP contribution in [-0.4, -0.2) is 57.8 Å². The standard InChI is InChI=1S/C30H23F4N5O4/c31-22-5-1-3-20-19(22)8-9-29(20)26(42)38(15-30(32,33)34)27(43)39(29)14-23(40)36-18-7-6-16-12-28(13-17(16)11-18)21-4-2-10-35-24(21)37-25(28)41/h1-7,10-11H,8-9,12-15H2,(H,36,40)(H,35,37,41)/t28-,29?/m1/s1. The minimum atomic E-state index is -4.87. The van der Waals surface area contributed by atoms with Crippen LogP contribution in [0.5, 0.6) is 0 Å². The molecule has 3 aromatic rings. The number of nitrogens with one attached hydrogen (secondary N) is 2. The summed E-state index contributed by atoms with van der Waals surface area (Å²) in [4.78, 5) is 58.2. The Balaban J connectivity index is 1.16. The minimum absolute atomic E-state index is 0.0117. The monoisotopic (exact) mass is 593 g/mol. The van der Waals surface area contributed by atoms with E-state index < -0.39 is 53.9 Å². The SMILES string of the molecule is O=C(CN1C(=O)N(CC(F)(F)F)C(=O)C12CCc1c(F)cccc12)Nc1ccc2c(c1)C[C@@]1(C2)C(=O)Nc2ncccc21. The molecule has 2 atom stereocenters. The molecule has 220 valence electrons. The summed E-state index contributed by atoms with van der Waals surface area (Å²) in [6.45, 7) is -2.56. The average molecular weight is 594 g/mol. The fraction of sp³-hybridized carbons (Fsp3) is 0.300. The van der Waals surface area contributed by atoms with E-state index in [1.807, 2.05) is 6.07 Å².